The molecule has 0 fully saturated rings. The average Bonchev–Trinajstić information content (AvgIpc) is 2.59. The van der Waals surface area contributed by atoms with Crippen LogP contribution in [0, 0.1) is 11.3 Å². The van der Waals surface area contributed by atoms with Crippen molar-refractivity contribution in [1.82, 2.24) is 9.55 Å². The Morgan fingerprint density at radius 1 is 1.19 bits per heavy atom. The number of aromatic amines is 1. The SMILES string of the molecule is Cn1c(C#N)ccc(NC(C)(C)c2cc3cc(Cl)ccc3[nH]c2=O)c1=O. The first-order valence-electron chi connectivity index (χ1n) is 7.94. The summed E-state index contributed by atoms with van der Waals surface area (Å²) in [6.45, 7) is 3.62. The summed E-state index contributed by atoms with van der Waals surface area (Å²) in [6.07, 6.45) is 0. The van der Waals surface area contributed by atoms with Gasteiger partial charge in [0, 0.05) is 28.5 Å². The predicted octanol–water partition coefficient (Wildman–Crippen LogP) is 3.10. The molecule has 0 saturated carbocycles. The maximum Gasteiger partial charge on any atom is 0.274 e. The number of hydrogen-bond donors (Lipinski definition) is 2. The quantitative estimate of drug-likeness (QED) is 0.743. The van der Waals surface area contributed by atoms with Crippen LogP contribution in [0.5, 0.6) is 0 Å². The van der Waals surface area contributed by atoms with E-state index in [1.165, 1.54) is 11.6 Å². The van der Waals surface area contributed by atoms with E-state index in [0.717, 1.165) is 5.39 Å². The van der Waals surface area contributed by atoms with E-state index in [0.29, 0.717) is 21.8 Å². The number of H-pyrrole nitrogens is 1. The fourth-order valence-corrected chi connectivity index (χ4v) is 3.07. The van der Waals surface area contributed by atoms with Gasteiger partial charge in [0.1, 0.15) is 17.5 Å². The molecular weight excluding hydrogens is 352 g/mol. The zero-order valence-corrected chi connectivity index (χ0v) is 15.3. The lowest BCUT2D eigenvalue weighted by Gasteiger charge is -2.27. The third-order valence-corrected chi connectivity index (χ3v) is 4.58. The first-order chi connectivity index (χ1) is 12.2. The minimum Gasteiger partial charge on any atom is -0.371 e. The van der Waals surface area contributed by atoms with Crippen LogP contribution in [0.3, 0.4) is 0 Å². The molecule has 0 radical (unpaired) electrons. The van der Waals surface area contributed by atoms with Crippen molar-refractivity contribution >= 4 is 28.2 Å². The molecule has 7 heteroatoms. The molecule has 0 spiro atoms. The van der Waals surface area contributed by atoms with Crippen LogP contribution in [0.1, 0.15) is 25.1 Å². The highest BCUT2D eigenvalue weighted by molar-refractivity contribution is 6.31. The van der Waals surface area contributed by atoms with Crippen molar-refractivity contribution in [3.63, 3.8) is 0 Å². The number of rotatable bonds is 3. The largest absolute Gasteiger partial charge is 0.371 e. The maximum absolute atomic E-state index is 12.6. The highest BCUT2D eigenvalue weighted by atomic mass is 35.5. The van der Waals surface area contributed by atoms with E-state index in [2.05, 4.69) is 10.3 Å². The average molecular weight is 369 g/mol. The number of nitrogens with one attached hydrogen (secondary N) is 2. The Labute approximate surface area is 154 Å². The Bertz CT molecular complexity index is 1170. The normalized spacial score (nSPS) is 11.3. The van der Waals surface area contributed by atoms with E-state index < -0.39 is 5.54 Å². The molecule has 0 atom stereocenters. The number of fused-ring (bicyclic) bond motifs is 1. The Hall–Kier alpha value is -3.04. The van der Waals surface area contributed by atoms with Gasteiger partial charge in [0.25, 0.3) is 11.1 Å². The summed E-state index contributed by atoms with van der Waals surface area (Å²) in [7, 11) is 1.53. The topological polar surface area (TPSA) is 90.7 Å². The Morgan fingerprint density at radius 2 is 1.92 bits per heavy atom. The number of anilines is 1. The fraction of sp³-hybridized carbons (Fsp3) is 0.211. The number of nitrogens with zero attached hydrogens (tertiary/aromatic N) is 2. The molecule has 26 heavy (non-hydrogen) atoms. The van der Waals surface area contributed by atoms with E-state index in [1.807, 2.05) is 19.9 Å². The van der Waals surface area contributed by atoms with Crippen LogP contribution >= 0.6 is 11.6 Å². The summed E-state index contributed by atoms with van der Waals surface area (Å²) in [4.78, 5) is 27.8. The van der Waals surface area contributed by atoms with Gasteiger partial charge in [-0.05, 0) is 50.2 Å². The van der Waals surface area contributed by atoms with Gasteiger partial charge in [-0.3, -0.25) is 9.59 Å². The van der Waals surface area contributed by atoms with Crippen molar-refractivity contribution in [2.45, 2.75) is 19.4 Å². The van der Waals surface area contributed by atoms with Gasteiger partial charge in [0.15, 0.2) is 0 Å². The van der Waals surface area contributed by atoms with Crippen molar-refractivity contribution in [2.24, 2.45) is 7.05 Å². The Morgan fingerprint density at radius 3 is 2.62 bits per heavy atom. The van der Waals surface area contributed by atoms with E-state index in [1.54, 1.807) is 36.4 Å². The molecule has 0 aliphatic carbocycles. The molecule has 6 nitrogen and oxygen atoms in total. The van der Waals surface area contributed by atoms with E-state index >= 15 is 0 Å². The zero-order valence-electron chi connectivity index (χ0n) is 14.6. The fourth-order valence-electron chi connectivity index (χ4n) is 2.89. The standard InChI is InChI=1S/C19H17ClN4O2/c1-19(2,23-16-7-5-13(10-21)24(3)18(16)26)14-9-11-8-12(20)4-6-15(11)22-17(14)25/h4-9,23H,1-3H3,(H,22,25). The van der Waals surface area contributed by atoms with Crippen LogP contribution in [0.2, 0.25) is 5.02 Å². The van der Waals surface area contributed by atoms with Crippen LogP contribution < -0.4 is 16.4 Å². The van der Waals surface area contributed by atoms with Gasteiger partial charge in [0.2, 0.25) is 0 Å². The number of benzene rings is 1. The van der Waals surface area contributed by atoms with Crippen LogP contribution in [0.25, 0.3) is 10.9 Å². The second-order valence-corrected chi connectivity index (χ2v) is 7.04. The van der Waals surface area contributed by atoms with Gasteiger partial charge in [0.05, 0.1) is 5.54 Å². The molecule has 132 valence electrons. The Balaban J connectivity index is 2.09. The van der Waals surface area contributed by atoms with Crippen LogP contribution in [-0.4, -0.2) is 9.55 Å². The van der Waals surface area contributed by atoms with Crippen molar-refractivity contribution in [3.8, 4) is 6.07 Å². The number of hydrogen-bond acceptors (Lipinski definition) is 4. The molecule has 2 heterocycles. The summed E-state index contributed by atoms with van der Waals surface area (Å²) in [5.74, 6) is 0. The molecular formula is C19H17ClN4O2. The third kappa shape index (κ3) is 3.09. The molecule has 2 aromatic heterocycles. The van der Waals surface area contributed by atoms with Crippen LogP contribution in [-0.2, 0) is 12.6 Å². The summed E-state index contributed by atoms with van der Waals surface area (Å²) in [5, 5.41) is 13.5. The van der Waals surface area contributed by atoms with Crippen molar-refractivity contribution in [1.29, 1.82) is 5.26 Å². The van der Waals surface area contributed by atoms with Gasteiger partial charge in [-0.1, -0.05) is 11.6 Å². The van der Waals surface area contributed by atoms with E-state index in [-0.39, 0.29) is 16.8 Å². The second kappa shape index (κ2) is 6.36. The Kier molecular flexibility index (Phi) is 4.34. The summed E-state index contributed by atoms with van der Waals surface area (Å²) in [5.41, 5.74) is 0.315. The molecule has 3 aromatic rings. The molecule has 1 aromatic carbocycles. The molecule has 0 aliphatic rings. The molecule has 0 unspecified atom stereocenters. The van der Waals surface area contributed by atoms with Crippen molar-refractivity contribution < 1.29 is 0 Å². The smallest absolute Gasteiger partial charge is 0.274 e. The number of pyridine rings is 2. The van der Waals surface area contributed by atoms with Gasteiger partial charge in [-0.2, -0.15) is 5.26 Å². The number of halogens is 1. The first kappa shape index (κ1) is 17.8. The minimum absolute atomic E-state index is 0.247. The summed E-state index contributed by atoms with van der Waals surface area (Å²) in [6, 6.07) is 12.1. The third-order valence-electron chi connectivity index (χ3n) is 4.35. The van der Waals surface area contributed by atoms with Gasteiger partial charge < -0.3 is 14.9 Å². The number of aromatic nitrogens is 2. The molecule has 0 amide bonds. The van der Waals surface area contributed by atoms with Gasteiger partial charge >= 0.3 is 0 Å². The maximum atomic E-state index is 12.6. The second-order valence-electron chi connectivity index (χ2n) is 6.60. The molecule has 0 saturated heterocycles. The molecule has 3 rings (SSSR count). The minimum atomic E-state index is -0.829. The predicted molar refractivity (Wildman–Crippen MR) is 103 cm³/mol. The highest BCUT2D eigenvalue weighted by Gasteiger charge is 2.25. The molecule has 0 bridgehead atoms. The van der Waals surface area contributed by atoms with Crippen LogP contribution in [0.4, 0.5) is 5.69 Å². The van der Waals surface area contributed by atoms with Crippen molar-refractivity contribution in [3.05, 3.63) is 73.4 Å². The zero-order chi connectivity index (χ0) is 19.1. The highest BCUT2D eigenvalue weighted by Crippen LogP contribution is 2.25. The summed E-state index contributed by atoms with van der Waals surface area (Å²) >= 11 is 6.04. The van der Waals surface area contributed by atoms with Gasteiger partial charge in [-0.15, -0.1) is 0 Å². The first-order valence-corrected chi connectivity index (χ1v) is 8.32. The lowest BCUT2D eigenvalue weighted by molar-refractivity contribution is 0.599. The van der Waals surface area contributed by atoms with E-state index in [4.69, 9.17) is 16.9 Å². The van der Waals surface area contributed by atoms with Gasteiger partial charge in [-0.25, -0.2) is 0 Å². The number of nitriles is 1. The molecule has 2 N–H and O–H groups in total. The lowest BCUT2D eigenvalue weighted by Crippen LogP contribution is -2.37. The lowest BCUT2D eigenvalue weighted by atomic mass is 9.94. The monoisotopic (exact) mass is 368 g/mol. The van der Waals surface area contributed by atoms with E-state index in [9.17, 15) is 9.59 Å². The molecule has 0 aliphatic heterocycles. The van der Waals surface area contributed by atoms with Crippen molar-refractivity contribution in [2.75, 3.05) is 5.32 Å². The summed E-state index contributed by atoms with van der Waals surface area (Å²) < 4.78 is 1.27. The van der Waals surface area contributed by atoms with Crippen LogP contribution in [0.15, 0.2) is 46.0 Å².